The van der Waals surface area contributed by atoms with Crippen molar-refractivity contribution in [2.75, 3.05) is 11.9 Å². The second-order valence-electron chi connectivity index (χ2n) is 6.01. The van der Waals surface area contributed by atoms with Gasteiger partial charge in [0.05, 0.1) is 11.0 Å². The third kappa shape index (κ3) is 4.76. The monoisotopic (exact) mass is 355 g/mol. The van der Waals surface area contributed by atoms with Gasteiger partial charge in [0.2, 0.25) is 10.0 Å². The molecule has 1 heterocycles. The van der Waals surface area contributed by atoms with Gasteiger partial charge in [0, 0.05) is 18.3 Å². The summed E-state index contributed by atoms with van der Waals surface area (Å²) >= 11 is 0. The normalized spacial score (nSPS) is 22.3. The summed E-state index contributed by atoms with van der Waals surface area (Å²) < 4.78 is 32.8. The first-order chi connectivity index (χ1) is 11.4. The van der Waals surface area contributed by atoms with Crippen LogP contribution in [0.5, 0.6) is 0 Å². The Balaban J connectivity index is 2.06. The molecule has 2 rings (SSSR count). The van der Waals surface area contributed by atoms with E-state index in [1.807, 2.05) is 6.92 Å². The molecule has 8 heteroatoms. The molecule has 1 aromatic carbocycles. The van der Waals surface area contributed by atoms with Gasteiger partial charge < -0.3 is 15.8 Å². The van der Waals surface area contributed by atoms with Crippen LogP contribution < -0.4 is 15.8 Å². The number of nitrogens with one attached hydrogen (secondary N) is 2. The Morgan fingerprint density at radius 2 is 2.17 bits per heavy atom. The fraction of sp³-hybridized carbons (Fsp3) is 0.562. The topological polar surface area (TPSA) is 111 Å². The Morgan fingerprint density at radius 3 is 2.79 bits per heavy atom. The van der Waals surface area contributed by atoms with E-state index in [2.05, 4.69) is 10.0 Å². The van der Waals surface area contributed by atoms with Gasteiger partial charge in [-0.3, -0.25) is 4.79 Å². The van der Waals surface area contributed by atoms with E-state index < -0.39 is 16.1 Å². The standard InChI is InChI=1S/C16H25N3O4S/c1-3-11(2)19-24(21,22)14-6-4-5-12(9-14)18-16(20)15-8-7-13(10-17)23-15/h4-6,9,11,13,15,19H,3,7-8,10,17H2,1-2H3,(H,18,20)/t11?,13-,15+/m1/s1. The molecule has 1 aliphatic rings. The molecule has 7 nitrogen and oxygen atoms in total. The minimum atomic E-state index is -3.61. The Morgan fingerprint density at radius 1 is 1.42 bits per heavy atom. The Hall–Kier alpha value is -1.48. The molecule has 0 aliphatic carbocycles. The SMILES string of the molecule is CCC(C)NS(=O)(=O)c1cccc(NC(=O)[C@@H]2CC[C@H](CN)O2)c1. The van der Waals surface area contributed by atoms with Crippen LogP contribution in [0.1, 0.15) is 33.1 Å². The zero-order chi connectivity index (χ0) is 17.7. The zero-order valence-corrected chi connectivity index (χ0v) is 14.8. The third-order valence-corrected chi connectivity index (χ3v) is 5.63. The van der Waals surface area contributed by atoms with Gasteiger partial charge in [0.15, 0.2) is 0 Å². The summed E-state index contributed by atoms with van der Waals surface area (Å²) in [6.45, 7) is 4.09. The van der Waals surface area contributed by atoms with Crippen LogP contribution in [0.25, 0.3) is 0 Å². The van der Waals surface area contributed by atoms with Gasteiger partial charge in [-0.15, -0.1) is 0 Å². The highest BCUT2D eigenvalue weighted by Gasteiger charge is 2.30. The number of carbonyl (C=O) groups is 1. The first-order valence-corrected chi connectivity index (χ1v) is 9.62. The zero-order valence-electron chi connectivity index (χ0n) is 14.0. The molecule has 1 amide bonds. The maximum absolute atomic E-state index is 12.3. The molecule has 1 fully saturated rings. The first kappa shape index (κ1) is 18.9. The van der Waals surface area contributed by atoms with Crippen LogP contribution in [0, 0.1) is 0 Å². The molecular formula is C16H25N3O4S. The molecule has 1 unspecified atom stereocenters. The largest absolute Gasteiger partial charge is 0.364 e. The van der Waals surface area contributed by atoms with Crippen LogP contribution in [0.2, 0.25) is 0 Å². The van der Waals surface area contributed by atoms with Crippen molar-refractivity contribution in [3.05, 3.63) is 24.3 Å². The van der Waals surface area contributed by atoms with Crippen molar-refractivity contribution in [2.45, 2.75) is 56.3 Å². The highest BCUT2D eigenvalue weighted by Crippen LogP contribution is 2.21. The molecular weight excluding hydrogens is 330 g/mol. The number of nitrogens with two attached hydrogens (primary N) is 1. The van der Waals surface area contributed by atoms with Crippen LogP contribution >= 0.6 is 0 Å². The minimum absolute atomic E-state index is 0.0906. The number of ether oxygens (including phenoxy) is 1. The van der Waals surface area contributed by atoms with E-state index in [1.54, 1.807) is 19.1 Å². The van der Waals surface area contributed by atoms with Crippen molar-refractivity contribution in [2.24, 2.45) is 5.73 Å². The van der Waals surface area contributed by atoms with Crippen molar-refractivity contribution in [3.8, 4) is 0 Å². The summed E-state index contributed by atoms with van der Waals surface area (Å²) in [6, 6.07) is 6.02. The maximum Gasteiger partial charge on any atom is 0.253 e. The molecule has 0 radical (unpaired) electrons. The van der Waals surface area contributed by atoms with E-state index in [9.17, 15) is 13.2 Å². The molecule has 134 valence electrons. The Kier molecular flexibility index (Phi) is 6.34. The smallest absolute Gasteiger partial charge is 0.253 e. The molecule has 0 spiro atoms. The summed E-state index contributed by atoms with van der Waals surface area (Å²) in [6.07, 6.45) is 1.42. The first-order valence-electron chi connectivity index (χ1n) is 8.14. The molecule has 0 aromatic heterocycles. The number of hydrogen-bond donors (Lipinski definition) is 3. The van der Waals surface area contributed by atoms with Crippen molar-refractivity contribution < 1.29 is 17.9 Å². The average Bonchev–Trinajstić information content (AvgIpc) is 3.04. The summed E-state index contributed by atoms with van der Waals surface area (Å²) in [4.78, 5) is 12.3. The lowest BCUT2D eigenvalue weighted by Crippen LogP contribution is -2.32. The van der Waals surface area contributed by atoms with E-state index in [-0.39, 0.29) is 22.9 Å². The van der Waals surface area contributed by atoms with Crippen LogP contribution in [0.4, 0.5) is 5.69 Å². The number of benzene rings is 1. The number of carbonyl (C=O) groups excluding carboxylic acids is 1. The lowest BCUT2D eigenvalue weighted by molar-refractivity contribution is -0.126. The van der Waals surface area contributed by atoms with E-state index in [0.717, 1.165) is 6.42 Å². The van der Waals surface area contributed by atoms with Crippen LogP contribution in [-0.2, 0) is 19.6 Å². The van der Waals surface area contributed by atoms with E-state index in [1.165, 1.54) is 12.1 Å². The number of rotatable bonds is 7. The predicted molar refractivity (Wildman–Crippen MR) is 92.1 cm³/mol. The molecule has 0 bridgehead atoms. The highest BCUT2D eigenvalue weighted by atomic mass is 32.2. The van der Waals surface area contributed by atoms with Crippen LogP contribution in [-0.4, -0.2) is 39.1 Å². The van der Waals surface area contributed by atoms with E-state index >= 15 is 0 Å². The van der Waals surface area contributed by atoms with Crippen LogP contribution in [0.3, 0.4) is 0 Å². The van der Waals surface area contributed by atoms with Gasteiger partial charge in [-0.2, -0.15) is 0 Å². The fourth-order valence-electron chi connectivity index (χ4n) is 2.45. The second-order valence-corrected chi connectivity index (χ2v) is 7.72. The van der Waals surface area contributed by atoms with Crippen molar-refractivity contribution in [3.63, 3.8) is 0 Å². The molecule has 3 atom stereocenters. The quantitative estimate of drug-likeness (QED) is 0.681. The number of amides is 1. The lowest BCUT2D eigenvalue weighted by atomic mass is 10.2. The van der Waals surface area contributed by atoms with Crippen molar-refractivity contribution in [1.29, 1.82) is 0 Å². The maximum atomic E-state index is 12.3. The highest BCUT2D eigenvalue weighted by molar-refractivity contribution is 7.89. The third-order valence-electron chi connectivity index (χ3n) is 4.04. The number of sulfonamides is 1. The Labute approximate surface area is 143 Å². The number of anilines is 1. The van der Waals surface area contributed by atoms with Gasteiger partial charge in [-0.25, -0.2) is 13.1 Å². The van der Waals surface area contributed by atoms with Gasteiger partial charge in [-0.1, -0.05) is 13.0 Å². The minimum Gasteiger partial charge on any atom is -0.364 e. The molecule has 24 heavy (non-hydrogen) atoms. The average molecular weight is 355 g/mol. The molecule has 1 saturated heterocycles. The van der Waals surface area contributed by atoms with Crippen molar-refractivity contribution >= 4 is 21.6 Å². The predicted octanol–water partition coefficient (Wildman–Crippen LogP) is 1.21. The lowest BCUT2D eigenvalue weighted by Gasteiger charge is -2.15. The molecule has 4 N–H and O–H groups in total. The summed E-state index contributed by atoms with van der Waals surface area (Å²) in [5.74, 6) is -0.282. The van der Waals surface area contributed by atoms with E-state index in [4.69, 9.17) is 10.5 Å². The second kappa shape index (κ2) is 8.06. The Bertz CT molecular complexity index is 678. The fourth-order valence-corrected chi connectivity index (χ4v) is 3.82. The summed E-state index contributed by atoms with van der Waals surface area (Å²) in [5, 5.41) is 2.71. The van der Waals surface area contributed by atoms with Crippen molar-refractivity contribution in [1.82, 2.24) is 4.72 Å². The summed E-state index contributed by atoms with van der Waals surface area (Å²) in [7, 11) is -3.61. The van der Waals surface area contributed by atoms with Gasteiger partial charge in [0.1, 0.15) is 6.10 Å². The van der Waals surface area contributed by atoms with Gasteiger partial charge in [0.25, 0.3) is 5.91 Å². The van der Waals surface area contributed by atoms with E-state index in [0.29, 0.717) is 25.1 Å². The molecule has 0 saturated carbocycles. The van der Waals surface area contributed by atoms with Gasteiger partial charge in [-0.05, 0) is 44.4 Å². The molecule has 1 aliphatic heterocycles. The van der Waals surface area contributed by atoms with Gasteiger partial charge >= 0.3 is 0 Å². The van der Waals surface area contributed by atoms with Crippen LogP contribution in [0.15, 0.2) is 29.2 Å². The number of hydrogen-bond acceptors (Lipinski definition) is 5. The molecule has 1 aromatic rings. The summed E-state index contributed by atoms with van der Waals surface area (Å²) in [5.41, 5.74) is 5.96.